The Bertz CT molecular complexity index is 510. The van der Waals surface area contributed by atoms with E-state index < -0.39 is 10.0 Å². The summed E-state index contributed by atoms with van der Waals surface area (Å²) in [5, 5.41) is 3.39. The lowest BCUT2D eigenvalue weighted by atomic mass is 10.1. The summed E-state index contributed by atoms with van der Waals surface area (Å²) in [6.07, 6.45) is 1.81. The monoisotopic (exact) mass is 352 g/mol. The van der Waals surface area contributed by atoms with Crippen LogP contribution in [0.3, 0.4) is 0 Å². The number of piperidine rings is 1. The second-order valence-electron chi connectivity index (χ2n) is 4.22. The molecule has 0 amide bonds. The van der Waals surface area contributed by atoms with E-state index in [9.17, 15) is 8.42 Å². The van der Waals surface area contributed by atoms with Gasteiger partial charge in [0.15, 0.2) is 0 Å². The van der Waals surface area contributed by atoms with Crippen LogP contribution >= 0.6 is 27.5 Å². The van der Waals surface area contributed by atoms with E-state index in [-0.39, 0.29) is 16.0 Å². The topological polar surface area (TPSA) is 58.2 Å². The summed E-state index contributed by atoms with van der Waals surface area (Å²) < 4.78 is 27.7. The Labute approximate surface area is 120 Å². The van der Waals surface area contributed by atoms with Crippen LogP contribution in [-0.2, 0) is 10.0 Å². The van der Waals surface area contributed by atoms with E-state index >= 15 is 0 Å². The van der Waals surface area contributed by atoms with Crippen LogP contribution in [0, 0.1) is 0 Å². The van der Waals surface area contributed by atoms with Crippen molar-refractivity contribution in [1.29, 1.82) is 0 Å². The first-order chi connectivity index (χ1) is 8.50. The van der Waals surface area contributed by atoms with Crippen LogP contribution in [0.5, 0.6) is 0 Å². The summed E-state index contributed by atoms with van der Waals surface area (Å²) in [6, 6.07) is 4.86. The predicted molar refractivity (Wildman–Crippen MR) is 75.4 cm³/mol. The van der Waals surface area contributed by atoms with Gasteiger partial charge in [0, 0.05) is 17.1 Å². The fourth-order valence-electron chi connectivity index (χ4n) is 1.97. The van der Waals surface area contributed by atoms with Gasteiger partial charge in [-0.3, -0.25) is 0 Å². The first kappa shape index (κ1) is 14.3. The summed E-state index contributed by atoms with van der Waals surface area (Å²) in [5.74, 6) is 0. The number of rotatable bonds is 3. The lowest BCUT2D eigenvalue weighted by molar-refractivity contribution is 0.428. The fourth-order valence-corrected chi connectivity index (χ4v) is 4.98. The van der Waals surface area contributed by atoms with Gasteiger partial charge >= 0.3 is 0 Å². The maximum Gasteiger partial charge on any atom is 0.243 e. The first-order valence-corrected chi connectivity index (χ1v) is 8.33. The van der Waals surface area contributed by atoms with Crippen LogP contribution in [0.25, 0.3) is 0 Å². The van der Waals surface area contributed by atoms with Crippen molar-refractivity contribution < 1.29 is 8.42 Å². The lowest BCUT2D eigenvalue weighted by Gasteiger charge is -2.24. The molecule has 1 fully saturated rings. The Balaban J connectivity index is 2.25. The highest BCUT2D eigenvalue weighted by Crippen LogP contribution is 2.29. The highest BCUT2D eigenvalue weighted by molar-refractivity contribution is 9.10. The normalized spacial score (nSPS) is 20.9. The van der Waals surface area contributed by atoms with E-state index in [0.29, 0.717) is 11.0 Å². The minimum absolute atomic E-state index is 0.0769. The molecule has 100 valence electrons. The van der Waals surface area contributed by atoms with Crippen LogP contribution in [0.2, 0.25) is 5.02 Å². The van der Waals surface area contributed by atoms with Gasteiger partial charge in [0.1, 0.15) is 4.90 Å². The molecule has 1 aromatic rings. The Morgan fingerprint density at radius 2 is 2.22 bits per heavy atom. The van der Waals surface area contributed by atoms with Crippen molar-refractivity contribution in [3.63, 3.8) is 0 Å². The summed E-state index contributed by atoms with van der Waals surface area (Å²) in [4.78, 5) is 0.109. The Morgan fingerprint density at radius 1 is 1.44 bits per heavy atom. The molecule has 0 aliphatic carbocycles. The Morgan fingerprint density at radius 3 is 2.83 bits per heavy atom. The molecule has 1 aromatic carbocycles. The van der Waals surface area contributed by atoms with E-state index in [1.165, 1.54) is 0 Å². The van der Waals surface area contributed by atoms with Gasteiger partial charge in [-0.2, -0.15) is 0 Å². The molecular weight excluding hydrogens is 340 g/mol. The molecule has 4 nitrogen and oxygen atoms in total. The zero-order valence-corrected chi connectivity index (χ0v) is 12.8. The molecule has 1 heterocycles. The van der Waals surface area contributed by atoms with Crippen molar-refractivity contribution >= 4 is 37.6 Å². The van der Waals surface area contributed by atoms with E-state index in [4.69, 9.17) is 11.6 Å². The fraction of sp³-hybridized carbons (Fsp3) is 0.455. The van der Waals surface area contributed by atoms with Gasteiger partial charge in [0.05, 0.1) is 5.02 Å². The van der Waals surface area contributed by atoms with Gasteiger partial charge in [0.25, 0.3) is 0 Å². The van der Waals surface area contributed by atoms with Gasteiger partial charge in [-0.15, -0.1) is 0 Å². The van der Waals surface area contributed by atoms with Gasteiger partial charge in [-0.05, 0) is 47.4 Å². The molecule has 1 saturated heterocycles. The lowest BCUT2D eigenvalue weighted by Crippen LogP contribution is -2.45. The summed E-state index contributed by atoms with van der Waals surface area (Å²) in [7, 11) is -3.59. The van der Waals surface area contributed by atoms with E-state index in [1.54, 1.807) is 18.2 Å². The van der Waals surface area contributed by atoms with E-state index in [1.807, 2.05) is 0 Å². The molecule has 1 atom stereocenters. The molecule has 0 spiro atoms. The molecule has 0 bridgehead atoms. The number of halogens is 2. The minimum Gasteiger partial charge on any atom is -0.315 e. The molecule has 18 heavy (non-hydrogen) atoms. The maximum atomic E-state index is 12.3. The third kappa shape index (κ3) is 3.24. The zero-order valence-electron chi connectivity index (χ0n) is 9.62. The van der Waals surface area contributed by atoms with Gasteiger partial charge in [-0.1, -0.05) is 17.7 Å². The van der Waals surface area contributed by atoms with E-state index in [2.05, 4.69) is 26.0 Å². The first-order valence-electron chi connectivity index (χ1n) is 5.68. The number of nitrogens with one attached hydrogen (secondary N) is 2. The van der Waals surface area contributed by atoms with Crippen LogP contribution in [0.4, 0.5) is 0 Å². The van der Waals surface area contributed by atoms with Crippen LogP contribution in [-0.4, -0.2) is 27.5 Å². The highest BCUT2D eigenvalue weighted by atomic mass is 79.9. The van der Waals surface area contributed by atoms with Gasteiger partial charge in [-0.25, -0.2) is 13.1 Å². The largest absolute Gasteiger partial charge is 0.315 e. The van der Waals surface area contributed by atoms with Crippen LogP contribution in [0.15, 0.2) is 27.6 Å². The van der Waals surface area contributed by atoms with Crippen LogP contribution < -0.4 is 10.0 Å². The zero-order chi connectivity index (χ0) is 13.2. The molecule has 1 unspecified atom stereocenters. The standard InChI is InChI=1S/C11H14BrClN2O2S/c12-9-4-1-5-10(13)11(9)18(16,17)15-8-3-2-6-14-7-8/h1,4-5,8,14-15H,2-3,6-7H2. The number of hydrogen-bond donors (Lipinski definition) is 2. The van der Waals surface area contributed by atoms with Crippen molar-refractivity contribution in [1.82, 2.24) is 10.0 Å². The quantitative estimate of drug-likeness (QED) is 0.875. The van der Waals surface area contributed by atoms with Gasteiger partial charge < -0.3 is 5.32 Å². The number of benzene rings is 1. The van der Waals surface area contributed by atoms with Crippen LogP contribution in [0.1, 0.15) is 12.8 Å². The van der Waals surface area contributed by atoms with Crippen molar-refractivity contribution in [2.24, 2.45) is 0 Å². The van der Waals surface area contributed by atoms with Crippen molar-refractivity contribution in [2.45, 2.75) is 23.8 Å². The maximum absolute atomic E-state index is 12.3. The number of sulfonamides is 1. The predicted octanol–water partition coefficient (Wildman–Crippen LogP) is 2.13. The molecular formula is C11H14BrClN2O2S. The molecule has 1 aliphatic rings. The average Bonchev–Trinajstić information content (AvgIpc) is 2.28. The van der Waals surface area contributed by atoms with Crippen molar-refractivity contribution in [3.05, 3.63) is 27.7 Å². The Kier molecular flexibility index (Phi) is 4.66. The van der Waals surface area contributed by atoms with Crippen molar-refractivity contribution in [2.75, 3.05) is 13.1 Å². The molecule has 0 aromatic heterocycles. The smallest absolute Gasteiger partial charge is 0.243 e. The SMILES string of the molecule is O=S(=O)(NC1CCCNC1)c1c(Cl)cccc1Br. The molecule has 2 rings (SSSR count). The summed E-state index contributed by atoms with van der Waals surface area (Å²) in [5.41, 5.74) is 0. The van der Waals surface area contributed by atoms with Gasteiger partial charge in [0.2, 0.25) is 10.0 Å². The average molecular weight is 354 g/mol. The third-order valence-electron chi connectivity index (χ3n) is 2.81. The second kappa shape index (κ2) is 5.88. The molecule has 1 aliphatic heterocycles. The number of hydrogen-bond acceptors (Lipinski definition) is 3. The second-order valence-corrected chi connectivity index (χ2v) is 7.13. The molecule has 0 saturated carbocycles. The molecule has 0 radical (unpaired) electrons. The molecule has 2 N–H and O–H groups in total. The minimum atomic E-state index is -3.59. The Hall–Kier alpha value is -0.140. The summed E-state index contributed by atoms with van der Waals surface area (Å²) in [6.45, 7) is 1.59. The van der Waals surface area contributed by atoms with Crippen molar-refractivity contribution in [3.8, 4) is 0 Å². The van der Waals surface area contributed by atoms with E-state index in [0.717, 1.165) is 19.4 Å². The highest BCUT2D eigenvalue weighted by Gasteiger charge is 2.25. The third-order valence-corrected chi connectivity index (χ3v) is 5.78. The molecule has 7 heteroatoms. The summed E-state index contributed by atoms with van der Waals surface area (Å²) >= 11 is 9.20.